The molecular formula is C9H9BrF3N. The van der Waals surface area contributed by atoms with Crippen molar-refractivity contribution in [2.24, 2.45) is 0 Å². The lowest BCUT2D eigenvalue weighted by Gasteiger charge is -2.20. The van der Waals surface area contributed by atoms with E-state index >= 15 is 0 Å². The van der Waals surface area contributed by atoms with E-state index in [1.54, 1.807) is 18.2 Å². The summed E-state index contributed by atoms with van der Waals surface area (Å²) in [4.78, 5) is 0. The maximum Gasteiger partial charge on any atom is 0.407 e. The van der Waals surface area contributed by atoms with Crippen molar-refractivity contribution in [3.8, 4) is 0 Å². The summed E-state index contributed by atoms with van der Waals surface area (Å²) in [6.45, 7) is 0. The fraction of sp³-hybridized carbons (Fsp3) is 0.333. The molecule has 1 nitrogen and oxygen atoms in total. The highest BCUT2D eigenvalue weighted by atomic mass is 79.9. The highest BCUT2D eigenvalue weighted by Crippen LogP contribution is 2.35. The van der Waals surface area contributed by atoms with Crippen molar-refractivity contribution in [2.75, 3.05) is 7.05 Å². The van der Waals surface area contributed by atoms with Crippen LogP contribution in [0.5, 0.6) is 0 Å². The van der Waals surface area contributed by atoms with E-state index in [0.717, 1.165) is 0 Å². The Balaban J connectivity index is 3.08. The monoisotopic (exact) mass is 267 g/mol. The first-order valence-corrected chi connectivity index (χ1v) is 4.74. The molecule has 78 valence electrons. The largest absolute Gasteiger partial charge is 0.407 e. The molecule has 0 saturated carbocycles. The van der Waals surface area contributed by atoms with Crippen molar-refractivity contribution in [1.29, 1.82) is 0 Å². The molecule has 0 aromatic heterocycles. The number of hydrogen-bond donors (Lipinski definition) is 1. The van der Waals surface area contributed by atoms with Crippen molar-refractivity contribution in [3.63, 3.8) is 0 Å². The molecule has 1 aromatic rings. The van der Waals surface area contributed by atoms with Gasteiger partial charge in [-0.1, -0.05) is 34.1 Å². The Morgan fingerprint density at radius 3 is 2.29 bits per heavy atom. The Bertz CT molecular complexity index is 311. The zero-order chi connectivity index (χ0) is 10.8. The lowest BCUT2D eigenvalue weighted by atomic mass is 10.1. The van der Waals surface area contributed by atoms with Crippen LogP contribution in [0.3, 0.4) is 0 Å². The zero-order valence-electron chi connectivity index (χ0n) is 7.40. The van der Waals surface area contributed by atoms with Gasteiger partial charge in [-0.2, -0.15) is 13.2 Å². The van der Waals surface area contributed by atoms with E-state index in [1.807, 2.05) is 0 Å². The van der Waals surface area contributed by atoms with Crippen LogP contribution in [0.15, 0.2) is 28.7 Å². The van der Waals surface area contributed by atoms with E-state index in [-0.39, 0.29) is 5.56 Å². The molecule has 0 bridgehead atoms. The number of benzene rings is 1. The Morgan fingerprint density at radius 2 is 1.86 bits per heavy atom. The summed E-state index contributed by atoms with van der Waals surface area (Å²) in [5, 5.41) is 2.24. The lowest BCUT2D eigenvalue weighted by Crippen LogP contribution is -2.31. The molecular weight excluding hydrogens is 259 g/mol. The van der Waals surface area contributed by atoms with E-state index in [0.29, 0.717) is 4.47 Å². The third kappa shape index (κ3) is 2.48. The fourth-order valence-corrected chi connectivity index (χ4v) is 1.72. The topological polar surface area (TPSA) is 12.0 Å². The van der Waals surface area contributed by atoms with Gasteiger partial charge in [0.1, 0.15) is 6.04 Å². The van der Waals surface area contributed by atoms with Gasteiger partial charge in [0.05, 0.1) is 0 Å². The van der Waals surface area contributed by atoms with Crippen LogP contribution in [0.4, 0.5) is 13.2 Å². The van der Waals surface area contributed by atoms with Gasteiger partial charge < -0.3 is 5.32 Å². The quantitative estimate of drug-likeness (QED) is 0.868. The van der Waals surface area contributed by atoms with E-state index in [2.05, 4.69) is 21.2 Å². The minimum Gasteiger partial charge on any atom is -0.306 e. The molecule has 0 aliphatic rings. The number of halogens is 4. The van der Waals surface area contributed by atoms with E-state index in [4.69, 9.17) is 0 Å². The lowest BCUT2D eigenvalue weighted by molar-refractivity contribution is -0.156. The number of nitrogens with one attached hydrogen (secondary N) is 1. The summed E-state index contributed by atoms with van der Waals surface area (Å²) in [6.07, 6.45) is -4.28. The molecule has 0 spiro atoms. The maximum absolute atomic E-state index is 12.5. The van der Waals surface area contributed by atoms with Crippen molar-refractivity contribution in [3.05, 3.63) is 34.3 Å². The average molecular weight is 268 g/mol. The molecule has 1 N–H and O–H groups in total. The first-order chi connectivity index (χ1) is 6.46. The average Bonchev–Trinajstić information content (AvgIpc) is 2.07. The number of hydrogen-bond acceptors (Lipinski definition) is 1. The van der Waals surface area contributed by atoms with E-state index in [9.17, 15) is 13.2 Å². The first-order valence-electron chi connectivity index (χ1n) is 3.95. The van der Waals surface area contributed by atoms with Crippen LogP contribution >= 0.6 is 15.9 Å². The standard InChI is InChI=1S/C9H9BrF3N/c1-14-8(9(11,12)13)6-4-2-3-5-7(6)10/h2-5,8,14H,1H3. The molecule has 0 aliphatic heterocycles. The Labute approximate surface area is 88.4 Å². The first kappa shape index (κ1) is 11.5. The highest BCUT2D eigenvalue weighted by Gasteiger charge is 2.40. The molecule has 0 radical (unpaired) electrons. The third-order valence-electron chi connectivity index (χ3n) is 1.83. The molecule has 0 amide bonds. The van der Waals surface area contributed by atoms with Crippen LogP contribution in [-0.4, -0.2) is 13.2 Å². The van der Waals surface area contributed by atoms with Gasteiger partial charge in [0.2, 0.25) is 0 Å². The minimum atomic E-state index is -4.28. The number of alkyl halides is 3. The molecule has 1 aromatic carbocycles. The van der Waals surface area contributed by atoms with Gasteiger partial charge in [0, 0.05) is 4.47 Å². The van der Waals surface area contributed by atoms with Gasteiger partial charge in [-0.15, -0.1) is 0 Å². The normalized spacial score (nSPS) is 14.1. The van der Waals surface area contributed by atoms with Crippen LogP contribution in [0.1, 0.15) is 11.6 Å². The summed E-state index contributed by atoms with van der Waals surface area (Å²) in [7, 11) is 1.29. The smallest absolute Gasteiger partial charge is 0.306 e. The van der Waals surface area contributed by atoms with Gasteiger partial charge >= 0.3 is 6.18 Å². The second-order valence-electron chi connectivity index (χ2n) is 2.78. The molecule has 0 heterocycles. The summed E-state index contributed by atoms with van der Waals surface area (Å²) >= 11 is 3.09. The molecule has 0 fully saturated rings. The van der Waals surface area contributed by atoms with Crippen LogP contribution in [0, 0.1) is 0 Å². The highest BCUT2D eigenvalue weighted by molar-refractivity contribution is 9.10. The fourth-order valence-electron chi connectivity index (χ4n) is 1.20. The molecule has 0 saturated heterocycles. The van der Waals surface area contributed by atoms with E-state index in [1.165, 1.54) is 13.1 Å². The molecule has 0 aliphatic carbocycles. The summed E-state index contributed by atoms with van der Waals surface area (Å²) in [5.74, 6) is 0. The predicted octanol–water partition coefficient (Wildman–Crippen LogP) is 3.27. The molecule has 1 atom stereocenters. The van der Waals surface area contributed by atoms with Crippen LogP contribution in [-0.2, 0) is 0 Å². The molecule has 1 rings (SSSR count). The molecule has 5 heteroatoms. The predicted molar refractivity (Wildman–Crippen MR) is 52.0 cm³/mol. The van der Waals surface area contributed by atoms with Gasteiger partial charge in [-0.05, 0) is 18.7 Å². The second kappa shape index (κ2) is 4.31. The van der Waals surface area contributed by atoms with Crippen molar-refractivity contribution >= 4 is 15.9 Å². The Hall–Kier alpha value is -0.550. The van der Waals surface area contributed by atoms with Crippen LogP contribution in [0.2, 0.25) is 0 Å². The SMILES string of the molecule is CNC(c1ccccc1Br)C(F)(F)F. The van der Waals surface area contributed by atoms with Crippen molar-refractivity contribution in [1.82, 2.24) is 5.32 Å². The van der Waals surface area contributed by atoms with Gasteiger partial charge in [-0.3, -0.25) is 0 Å². The zero-order valence-corrected chi connectivity index (χ0v) is 8.98. The van der Waals surface area contributed by atoms with Crippen LogP contribution < -0.4 is 5.32 Å². The molecule has 1 unspecified atom stereocenters. The summed E-state index contributed by atoms with van der Waals surface area (Å²) in [5.41, 5.74) is 0.197. The van der Waals surface area contributed by atoms with Gasteiger partial charge in [-0.25, -0.2) is 0 Å². The Kier molecular flexibility index (Phi) is 3.55. The third-order valence-corrected chi connectivity index (χ3v) is 2.55. The van der Waals surface area contributed by atoms with E-state index < -0.39 is 12.2 Å². The Morgan fingerprint density at radius 1 is 1.29 bits per heavy atom. The summed E-state index contributed by atoms with van der Waals surface area (Å²) < 4.78 is 38.0. The van der Waals surface area contributed by atoms with Crippen LogP contribution in [0.25, 0.3) is 0 Å². The summed E-state index contributed by atoms with van der Waals surface area (Å²) in [6, 6.07) is 4.66. The van der Waals surface area contributed by atoms with Crippen molar-refractivity contribution < 1.29 is 13.2 Å². The van der Waals surface area contributed by atoms with Gasteiger partial charge in [0.15, 0.2) is 0 Å². The minimum absolute atomic E-state index is 0.197. The van der Waals surface area contributed by atoms with Gasteiger partial charge in [0.25, 0.3) is 0 Å². The van der Waals surface area contributed by atoms with Crippen molar-refractivity contribution in [2.45, 2.75) is 12.2 Å². The maximum atomic E-state index is 12.5. The second-order valence-corrected chi connectivity index (χ2v) is 3.64. The number of rotatable bonds is 2. The molecule has 14 heavy (non-hydrogen) atoms.